The molecule has 1 fully saturated rings. The second-order valence-corrected chi connectivity index (χ2v) is 7.43. The first-order valence-electron chi connectivity index (χ1n) is 9.59. The van der Waals surface area contributed by atoms with Crippen LogP contribution < -0.4 is 0 Å². The highest BCUT2D eigenvalue weighted by atomic mass is 19.2. The Morgan fingerprint density at radius 1 is 0.923 bits per heavy atom. The second kappa shape index (κ2) is 8.45. The molecule has 136 valence electrons. The van der Waals surface area contributed by atoms with E-state index in [1.165, 1.54) is 56.2 Å². The summed E-state index contributed by atoms with van der Waals surface area (Å²) in [5.41, 5.74) is 1.81. The van der Waals surface area contributed by atoms with Crippen LogP contribution >= 0.6 is 0 Å². The third-order valence-electron chi connectivity index (χ3n) is 5.85. The van der Waals surface area contributed by atoms with Gasteiger partial charge in [0, 0.05) is 5.56 Å². The van der Waals surface area contributed by atoms with Crippen LogP contribution in [0.15, 0.2) is 36.4 Å². The zero-order valence-electron chi connectivity index (χ0n) is 15.3. The molecule has 0 saturated heterocycles. The Morgan fingerprint density at radius 2 is 1.58 bits per heavy atom. The third-order valence-corrected chi connectivity index (χ3v) is 5.85. The Morgan fingerprint density at radius 3 is 2.19 bits per heavy atom. The van der Waals surface area contributed by atoms with Crippen LogP contribution in [0.1, 0.15) is 56.6 Å². The number of halogens is 2. The average Bonchev–Trinajstić information content (AvgIpc) is 2.69. The van der Waals surface area contributed by atoms with Gasteiger partial charge in [-0.25, -0.2) is 8.78 Å². The van der Waals surface area contributed by atoms with E-state index in [2.05, 4.69) is 6.92 Å². The molecule has 1 aliphatic carbocycles. The fourth-order valence-corrected chi connectivity index (χ4v) is 4.01. The van der Waals surface area contributed by atoms with E-state index in [0.717, 1.165) is 18.3 Å². The summed E-state index contributed by atoms with van der Waals surface area (Å²) >= 11 is 0. The molecule has 2 aromatic carbocycles. The van der Waals surface area contributed by atoms with Crippen LogP contribution in [-0.4, -0.2) is 0 Å². The van der Waals surface area contributed by atoms with Gasteiger partial charge in [0.15, 0.2) is 11.6 Å². The molecular weight excluding hydrogens is 328 g/mol. The zero-order valence-corrected chi connectivity index (χ0v) is 15.3. The molecule has 2 aromatic rings. The molecule has 0 unspecified atom stereocenters. The van der Waals surface area contributed by atoms with Crippen LogP contribution in [0.5, 0.6) is 0 Å². The SMILES string of the molecule is CCC1CCC(CCc2ccc(-c3ccc(C#N)c(F)c3F)cc2)CC1. The molecule has 1 saturated carbocycles. The zero-order chi connectivity index (χ0) is 18.5. The first-order valence-corrected chi connectivity index (χ1v) is 9.59. The molecule has 0 radical (unpaired) electrons. The molecule has 0 spiro atoms. The number of nitriles is 1. The molecule has 0 amide bonds. The average molecular weight is 353 g/mol. The molecule has 1 aliphatic rings. The van der Waals surface area contributed by atoms with Crippen molar-refractivity contribution in [3.05, 3.63) is 59.2 Å². The highest BCUT2D eigenvalue weighted by molar-refractivity contribution is 5.65. The predicted octanol–water partition coefficient (Wildman–Crippen LogP) is 6.65. The van der Waals surface area contributed by atoms with Crippen molar-refractivity contribution in [2.75, 3.05) is 0 Å². The van der Waals surface area contributed by atoms with Gasteiger partial charge in [-0.1, -0.05) is 63.3 Å². The van der Waals surface area contributed by atoms with Crippen molar-refractivity contribution in [2.45, 2.75) is 51.9 Å². The van der Waals surface area contributed by atoms with Gasteiger partial charge in [-0.3, -0.25) is 0 Å². The highest BCUT2D eigenvalue weighted by Crippen LogP contribution is 2.33. The molecule has 0 heterocycles. The van der Waals surface area contributed by atoms with Gasteiger partial charge < -0.3 is 0 Å². The maximum Gasteiger partial charge on any atom is 0.177 e. The van der Waals surface area contributed by atoms with Crippen molar-refractivity contribution in [1.29, 1.82) is 5.26 Å². The molecule has 0 N–H and O–H groups in total. The van der Waals surface area contributed by atoms with Crippen LogP contribution in [-0.2, 0) is 6.42 Å². The van der Waals surface area contributed by atoms with E-state index in [9.17, 15) is 8.78 Å². The van der Waals surface area contributed by atoms with Gasteiger partial charge in [0.25, 0.3) is 0 Å². The number of aryl methyl sites for hydroxylation is 1. The van der Waals surface area contributed by atoms with E-state index in [0.29, 0.717) is 5.56 Å². The molecule has 0 aliphatic heterocycles. The standard InChI is InChI=1S/C23H25F2N/c1-2-16-3-5-17(6-4-16)7-8-18-9-11-19(12-10-18)21-14-13-20(15-26)22(24)23(21)25/h9-14,16-17H,2-8H2,1H3. The number of hydrogen-bond acceptors (Lipinski definition) is 1. The fourth-order valence-electron chi connectivity index (χ4n) is 4.01. The normalized spacial score (nSPS) is 19.9. The summed E-state index contributed by atoms with van der Waals surface area (Å²) in [5, 5.41) is 8.78. The van der Waals surface area contributed by atoms with Gasteiger partial charge in [-0.15, -0.1) is 0 Å². The van der Waals surface area contributed by atoms with E-state index in [1.54, 1.807) is 6.07 Å². The largest absolute Gasteiger partial charge is 0.203 e. The first kappa shape index (κ1) is 18.6. The van der Waals surface area contributed by atoms with Gasteiger partial charge in [0.2, 0.25) is 0 Å². The van der Waals surface area contributed by atoms with Gasteiger partial charge in [-0.05, 0) is 47.9 Å². The number of hydrogen-bond donors (Lipinski definition) is 0. The minimum atomic E-state index is -1.07. The third kappa shape index (κ3) is 4.12. The van der Waals surface area contributed by atoms with Crippen LogP contribution in [0.4, 0.5) is 8.78 Å². The molecule has 3 rings (SSSR count). The van der Waals surface area contributed by atoms with E-state index < -0.39 is 11.6 Å². The Bertz CT molecular complexity index is 781. The lowest BCUT2D eigenvalue weighted by atomic mass is 9.78. The van der Waals surface area contributed by atoms with E-state index >= 15 is 0 Å². The number of rotatable bonds is 5. The molecule has 26 heavy (non-hydrogen) atoms. The summed E-state index contributed by atoms with van der Waals surface area (Å²) in [6.07, 6.45) is 8.95. The lowest BCUT2D eigenvalue weighted by Gasteiger charge is -2.27. The Labute approximate surface area is 154 Å². The minimum Gasteiger partial charge on any atom is -0.203 e. The van der Waals surface area contributed by atoms with Crippen molar-refractivity contribution < 1.29 is 8.78 Å². The van der Waals surface area contributed by atoms with Gasteiger partial charge in [0.1, 0.15) is 6.07 Å². The quantitative estimate of drug-likeness (QED) is 0.590. The summed E-state index contributed by atoms with van der Waals surface area (Å²) in [6.45, 7) is 2.29. The van der Waals surface area contributed by atoms with E-state index in [4.69, 9.17) is 5.26 Å². The molecule has 0 bridgehead atoms. The van der Waals surface area contributed by atoms with Crippen LogP contribution in [0, 0.1) is 34.8 Å². The molecule has 0 atom stereocenters. The Kier molecular flexibility index (Phi) is 6.04. The summed E-state index contributed by atoms with van der Waals surface area (Å²) in [6, 6.07) is 12.1. The lowest BCUT2D eigenvalue weighted by Crippen LogP contribution is -2.14. The first-order chi connectivity index (χ1) is 12.6. The van der Waals surface area contributed by atoms with Crippen LogP contribution in [0.3, 0.4) is 0 Å². The van der Waals surface area contributed by atoms with Crippen molar-refractivity contribution in [1.82, 2.24) is 0 Å². The fraction of sp³-hybridized carbons (Fsp3) is 0.435. The minimum absolute atomic E-state index is 0.200. The highest BCUT2D eigenvalue weighted by Gasteiger charge is 2.19. The second-order valence-electron chi connectivity index (χ2n) is 7.43. The summed E-state index contributed by atoms with van der Waals surface area (Å²) in [7, 11) is 0. The van der Waals surface area contributed by atoms with Crippen molar-refractivity contribution >= 4 is 0 Å². The van der Waals surface area contributed by atoms with Gasteiger partial charge in [-0.2, -0.15) is 5.26 Å². The molecule has 3 heteroatoms. The smallest absolute Gasteiger partial charge is 0.177 e. The number of nitrogens with zero attached hydrogens (tertiary/aromatic N) is 1. The monoisotopic (exact) mass is 353 g/mol. The van der Waals surface area contributed by atoms with Crippen LogP contribution in [0.2, 0.25) is 0 Å². The summed E-state index contributed by atoms with van der Waals surface area (Å²) in [4.78, 5) is 0. The molecule has 1 nitrogen and oxygen atoms in total. The lowest BCUT2D eigenvalue weighted by molar-refractivity contribution is 0.259. The van der Waals surface area contributed by atoms with Gasteiger partial charge in [0.05, 0.1) is 5.56 Å². The topological polar surface area (TPSA) is 23.8 Å². The van der Waals surface area contributed by atoms with Gasteiger partial charge >= 0.3 is 0 Å². The van der Waals surface area contributed by atoms with Crippen LogP contribution in [0.25, 0.3) is 11.1 Å². The van der Waals surface area contributed by atoms with Crippen molar-refractivity contribution in [3.63, 3.8) is 0 Å². The molecule has 0 aromatic heterocycles. The Hall–Kier alpha value is -2.21. The van der Waals surface area contributed by atoms with Crippen molar-refractivity contribution in [2.24, 2.45) is 11.8 Å². The summed E-state index contributed by atoms with van der Waals surface area (Å²) in [5.74, 6) is -0.281. The predicted molar refractivity (Wildman–Crippen MR) is 101 cm³/mol. The molecular formula is C23H25F2N. The maximum atomic E-state index is 14.2. The Balaban J connectivity index is 1.63. The summed E-state index contributed by atoms with van der Waals surface area (Å²) < 4.78 is 28.0. The van der Waals surface area contributed by atoms with Crippen molar-refractivity contribution in [3.8, 4) is 17.2 Å². The number of benzene rings is 2. The maximum absolute atomic E-state index is 14.2. The van der Waals surface area contributed by atoms with E-state index in [1.807, 2.05) is 24.3 Å². The van der Waals surface area contributed by atoms with E-state index in [-0.39, 0.29) is 11.1 Å².